The van der Waals surface area contributed by atoms with Gasteiger partial charge in [-0.05, 0) is 18.4 Å². The smallest absolute Gasteiger partial charge is 0.0647 e. The fraction of sp³-hybridized carbons (Fsp3) is 0.500. The van der Waals surface area contributed by atoms with E-state index in [2.05, 4.69) is 30.3 Å². The first kappa shape index (κ1) is 8.45. The summed E-state index contributed by atoms with van der Waals surface area (Å²) in [7, 11) is 0. The number of ether oxygens (including phenoxy) is 1. The highest BCUT2D eigenvalue weighted by Crippen LogP contribution is 2.52. The maximum atomic E-state index is 6.14. The fourth-order valence-corrected chi connectivity index (χ4v) is 3.03. The lowest BCUT2D eigenvalue weighted by molar-refractivity contribution is -0.101. The van der Waals surface area contributed by atoms with Crippen molar-refractivity contribution in [3.63, 3.8) is 0 Å². The molecular weight excluding hydrogens is 174 g/mol. The highest BCUT2D eigenvalue weighted by Gasteiger charge is 2.56. The minimum atomic E-state index is -0.0336. The van der Waals surface area contributed by atoms with Gasteiger partial charge in [-0.15, -0.1) is 0 Å². The van der Waals surface area contributed by atoms with Gasteiger partial charge < -0.3 is 10.5 Å². The predicted molar refractivity (Wildman–Crippen MR) is 55.1 cm³/mol. The molecule has 1 aromatic rings. The van der Waals surface area contributed by atoms with Crippen molar-refractivity contribution in [2.24, 2.45) is 5.73 Å². The summed E-state index contributed by atoms with van der Waals surface area (Å²) in [6.07, 6.45) is 2.17. The number of nitrogens with two attached hydrogens (primary N) is 1. The minimum Gasteiger partial charge on any atom is -0.379 e. The maximum absolute atomic E-state index is 6.14. The van der Waals surface area contributed by atoms with Gasteiger partial charge in [0.05, 0.1) is 13.2 Å². The van der Waals surface area contributed by atoms with Crippen molar-refractivity contribution < 1.29 is 4.74 Å². The summed E-state index contributed by atoms with van der Waals surface area (Å²) < 4.78 is 5.57. The van der Waals surface area contributed by atoms with E-state index in [1.54, 1.807) is 0 Å². The zero-order valence-electron chi connectivity index (χ0n) is 8.20. The van der Waals surface area contributed by atoms with Crippen molar-refractivity contribution in [2.75, 3.05) is 13.2 Å². The van der Waals surface area contributed by atoms with Crippen molar-refractivity contribution in [3.05, 3.63) is 35.9 Å². The van der Waals surface area contributed by atoms with Gasteiger partial charge in [-0.3, -0.25) is 0 Å². The molecule has 2 aliphatic heterocycles. The fourth-order valence-electron chi connectivity index (χ4n) is 3.03. The summed E-state index contributed by atoms with van der Waals surface area (Å²) in [5.41, 5.74) is 7.73. The number of fused-ring (bicyclic) bond motifs is 2. The van der Waals surface area contributed by atoms with E-state index in [0.717, 1.165) is 26.1 Å². The van der Waals surface area contributed by atoms with Crippen molar-refractivity contribution in [2.45, 2.75) is 23.8 Å². The van der Waals surface area contributed by atoms with E-state index in [4.69, 9.17) is 10.5 Å². The second-order valence-corrected chi connectivity index (χ2v) is 4.86. The van der Waals surface area contributed by atoms with Crippen molar-refractivity contribution >= 4 is 0 Å². The normalized spacial score (nSPS) is 40.4. The van der Waals surface area contributed by atoms with Crippen LogP contribution in [0.25, 0.3) is 0 Å². The molecule has 1 aromatic carbocycles. The summed E-state index contributed by atoms with van der Waals surface area (Å²) in [6, 6.07) is 10.6. The molecule has 14 heavy (non-hydrogen) atoms. The predicted octanol–water partition coefficient (Wildman–Crippen LogP) is 1.45. The Hall–Kier alpha value is -0.860. The average Bonchev–Trinajstić information content (AvgIpc) is 2.18. The van der Waals surface area contributed by atoms with E-state index in [-0.39, 0.29) is 11.0 Å². The van der Waals surface area contributed by atoms with Gasteiger partial charge in [-0.25, -0.2) is 0 Å². The van der Waals surface area contributed by atoms with Gasteiger partial charge in [0.2, 0.25) is 0 Å². The molecule has 2 saturated heterocycles. The monoisotopic (exact) mass is 189 g/mol. The summed E-state index contributed by atoms with van der Waals surface area (Å²) in [5.74, 6) is 0. The standard InChI is InChI=1S/C12H15NO/c13-12-6-11(7-12,8-14-9-12)10-4-2-1-3-5-10/h1-5H,6-9,13H2. The third-order valence-corrected chi connectivity index (χ3v) is 3.53. The average molecular weight is 189 g/mol. The van der Waals surface area contributed by atoms with Crippen LogP contribution >= 0.6 is 0 Å². The Labute approximate surface area is 84.1 Å². The van der Waals surface area contributed by atoms with Gasteiger partial charge in [-0.2, -0.15) is 0 Å². The minimum absolute atomic E-state index is 0.0336. The quantitative estimate of drug-likeness (QED) is 0.725. The number of hydrogen-bond acceptors (Lipinski definition) is 2. The molecule has 0 unspecified atom stereocenters. The second-order valence-electron chi connectivity index (χ2n) is 4.86. The maximum Gasteiger partial charge on any atom is 0.0647 e. The van der Waals surface area contributed by atoms with E-state index in [9.17, 15) is 0 Å². The van der Waals surface area contributed by atoms with Gasteiger partial charge in [0.1, 0.15) is 0 Å². The van der Waals surface area contributed by atoms with Gasteiger partial charge in [0.25, 0.3) is 0 Å². The zero-order chi connectivity index (χ0) is 9.65. The molecular formula is C12H15NO. The van der Waals surface area contributed by atoms with Crippen molar-refractivity contribution in [1.29, 1.82) is 0 Å². The molecule has 74 valence electrons. The van der Waals surface area contributed by atoms with E-state index < -0.39 is 0 Å². The first-order valence-corrected chi connectivity index (χ1v) is 5.15. The first-order chi connectivity index (χ1) is 6.73. The van der Waals surface area contributed by atoms with Crippen LogP contribution in [0.4, 0.5) is 0 Å². The molecule has 3 fully saturated rings. The van der Waals surface area contributed by atoms with Crippen LogP contribution in [0.15, 0.2) is 30.3 Å². The molecule has 0 amide bonds. The lowest BCUT2D eigenvalue weighted by Gasteiger charge is -2.58. The Morgan fingerprint density at radius 1 is 1.07 bits per heavy atom. The van der Waals surface area contributed by atoms with E-state index in [1.807, 2.05) is 0 Å². The highest BCUT2D eigenvalue weighted by molar-refractivity contribution is 5.33. The number of rotatable bonds is 1. The van der Waals surface area contributed by atoms with Gasteiger partial charge in [-0.1, -0.05) is 30.3 Å². The van der Waals surface area contributed by atoms with Crippen molar-refractivity contribution in [1.82, 2.24) is 0 Å². The molecule has 3 aliphatic rings. The van der Waals surface area contributed by atoms with Crippen LogP contribution in [-0.4, -0.2) is 18.8 Å². The topological polar surface area (TPSA) is 35.2 Å². The Morgan fingerprint density at radius 3 is 2.43 bits per heavy atom. The van der Waals surface area contributed by atoms with Crippen LogP contribution in [0.3, 0.4) is 0 Å². The molecule has 2 N–H and O–H groups in total. The van der Waals surface area contributed by atoms with Crippen molar-refractivity contribution in [3.8, 4) is 0 Å². The summed E-state index contributed by atoms with van der Waals surface area (Å²) in [5, 5.41) is 0. The lowest BCUT2D eigenvalue weighted by Crippen LogP contribution is -2.68. The van der Waals surface area contributed by atoms with E-state index in [0.29, 0.717) is 0 Å². The lowest BCUT2D eigenvalue weighted by atomic mass is 9.54. The molecule has 0 radical (unpaired) electrons. The van der Waals surface area contributed by atoms with Crippen LogP contribution in [0.1, 0.15) is 18.4 Å². The van der Waals surface area contributed by atoms with Crippen LogP contribution in [-0.2, 0) is 10.2 Å². The van der Waals surface area contributed by atoms with E-state index in [1.165, 1.54) is 5.56 Å². The molecule has 1 aliphatic carbocycles. The van der Waals surface area contributed by atoms with E-state index >= 15 is 0 Å². The van der Waals surface area contributed by atoms with Gasteiger partial charge >= 0.3 is 0 Å². The number of benzene rings is 1. The largest absolute Gasteiger partial charge is 0.379 e. The van der Waals surface area contributed by atoms with Crippen LogP contribution in [0.2, 0.25) is 0 Å². The molecule has 1 saturated carbocycles. The molecule has 0 spiro atoms. The summed E-state index contributed by atoms with van der Waals surface area (Å²) in [6.45, 7) is 1.58. The first-order valence-electron chi connectivity index (χ1n) is 5.15. The van der Waals surface area contributed by atoms with Gasteiger partial charge in [0, 0.05) is 11.0 Å². The molecule has 0 atom stereocenters. The molecule has 2 bridgehead atoms. The molecule has 0 aromatic heterocycles. The molecule has 4 rings (SSSR count). The van der Waals surface area contributed by atoms with Gasteiger partial charge in [0.15, 0.2) is 0 Å². The Balaban J connectivity index is 1.93. The Kier molecular flexibility index (Phi) is 1.56. The van der Waals surface area contributed by atoms with Crippen LogP contribution < -0.4 is 5.73 Å². The Morgan fingerprint density at radius 2 is 1.79 bits per heavy atom. The molecule has 2 heteroatoms. The third kappa shape index (κ3) is 1.04. The number of hydrogen-bond donors (Lipinski definition) is 1. The Bertz CT molecular complexity index is 341. The van der Waals surface area contributed by atoms with Crippen LogP contribution in [0, 0.1) is 0 Å². The SMILES string of the molecule is NC12COCC(c3ccccc3)(C1)C2. The summed E-state index contributed by atoms with van der Waals surface area (Å²) >= 11 is 0. The molecule has 2 heterocycles. The van der Waals surface area contributed by atoms with Crippen LogP contribution in [0.5, 0.6) is 0 Å². The summed E-state index contributed by atoms with van der Waals surface area (Å²) in [4.78, 5) is 0. The third-order valence-electron chi connectivity index (χ3n) is 3.53. The second kappa shape index (κ2) is 2.59. The zero-order valence-corrected chi connectivity index (χ0v) is 8.20. The highest BCUT2D eigenvalue weighted by atomic mass is 16.5. The molecule has 2 nitrogen and oxygen atoms in total.